The number of carboxylic acid groups (broad SMARTS) is 1. The molecule has 0 atom stereocenters. The third-order valence-corrected chi connectivity index (χ3v) is 4.40. The van der Waals surface area contributed by atoms with Crippen LogP contribution in [0.5, 0.6) is 0 Å². The van der Waals surface area contributed by atoms with Crippen LogP contribution in [0.3, 0.4) is 0 Å². The minimum Gasteiger partial charge on any atom is -0.478 e. The van der Waals surface area contributed by atoms with Gasteiger partial charge in [0.1, 0.15) is 10.4 Å². The number of carbonyl (C=O) groups is 1. The highest BCUT2D eigenvalue weighted by Crippen LogP contribution is 2.29. The summed E-state index contributed by atoms with van der Waals surface area (Å²) in [4.78, 5) is 27.2. The van der Waals surface area contributed by atoms with E-state index in [0.717, 1.165) is 16.5 Å². The summed E-state index contributed by atoms with van der Waals surface area (Å²) in [7, 11) is 0. The Hall–Kier alpha value is -2.21. The van der Waals surface area contributed by atoms with Gasteiger partial charge in [0.25, 0.3) is 0 Å². The third-order valence-electron chi connectivity index (χ3n) is 3.26. The average Bonchev–Trinajstić information content (AvgIpc) is 2.77. The van der Waals surface area contributed by atoms with Crippen molar-refractivity contribution >= 4 is 32.4 Å². The molecule has 1 aromatic carbocycles. The molecule has 3 aromatic rings. The number of hydrogen-bond donors (Lipinski definition) is 1. The zero-order valence-corrected chi connectivity index (χ0v) is 11.8. The maximum atomic E-state index is 11.9. The molecule has 1 N–H and O–H groups in total. The predicted octanol–water partition coefficient (Wildman–Crippen LogP) is 2.73. The Kier molecular flexibility index (Phi) is 2.83. The lowest BCUT2D eigenvalue weighted by molar-refractivity contribution is 0.0698. The first-order valence-electron chi connectivity index (χ1n) is 6.16. The number of carboxylic acids is 1. The van der Waals surface area contributed by atoms with Crippen LogP contribution in [-0.2, 0) is 0 Å². The average molecular weight is 288 g/mol. The zero-order valence-electron chi connectivity index (χ0n) is 11.0. The van der Waals surface area contributed by atoms with E-state index in [1.807, 2.05) is 18.2 Å². The second-order valence-electron chi connectivity index (χ2n) is 4.88. The fraction of sp³-hybridized carbons (Fsp3) is 0.214. The third kappa shape index (κ3) is 1.80. The lowest BCUT2D eigenvalue weighted by Gasteiger charge is -2.04. The van der Waals surface area contributed by atoms with E-state index in [-0.39, 0.29) is 5.56 Å². The van der Waals surface area contributed by atoms with Gasteiger partial charge in [-0.05, 0) is 23.6 Å². The molecule has 0 aliphatic rings. The van der Waals surface area contributed by atoms with E-state index in [1.165, 1.54) is 15.7 Å². The number of rotatable bonds is 2. The molecule has 0 unspecified atom stereocenters. The highest BCUT2D eigenvalue weighted by atomic mass is 32.1. The molecular formula is C14H12N2O3S. The van der Waals surface area contributed by atoms with Crippen molar-refractivity contribution in [1.29, 1.82) is 0 Å². The highest BCUT2D eigenvalue weighted by Gasteiger charge is 2.16. The van der Waals surface area contributed by atoms with Crippen molar-refractivity contribution in [1.82, 2.24) is 9.38 Å². The van der Waals surface area contributed by atoms with E-state index >= 15 is 0 Å². The summed E-state index contributed by atoms with van der Waals surface area (Å²) in [5, 5.41) is 9.19. The number of nitrogens with zero attached hydrogens (tertiary/aromatic N) is 2. The van der Waals surface area contributed by atoms with Gasteiger partial charge >= 0.3 is 11.7 Å². The van der Waals surface area contributed by atoms with Gasteiger partial charge in [-0.25, -0.2) is 19.0 Å². The van der Waals surface area contributed by atoms with Crippen molar-refractivity contribution in [3.05, 3.63) is 46.0 Å². The van der Waals surface area contributed by atoms with Gasteiger partial charge in [-0.3, -0.25) is 0 Å². The van der Waals surface area contributed by atoms with E-state index in [9.17, 15) is 14.7 Å². The first-order chi connectivity index (χ1) is 9.49. The van der Waals surface area contributed by atoms with Crippen LogP contribution >= 0.6 is 11.3 Å². The molecule has 0 saturated heterocycles. The largest absolute Gasteiger partial charge is 0.478 e. The Morgan fingerprint density at radius 3 is 2.80 bits per heavy atom. The smallest absolute Gasteiger partial charge is 0.353 e. The van der Waals surface area contributed by atoms with Gasteiger partial charge in [0.2, 0.25) is 0 Å². The molecule has 0 aliphatic carbocycles. The maximum Gasteiger partial charge on any atom is 0.353 e. The summed E-state index contributed by atoms with van der Waals surface area (Å²) in [6, 6.07) is 5.81. The van der Waals surface area contributed by atoms with Gasteiger partial charge in [0, 0.05) is 0 Å². The van der Waals surface area contributed by atoms with Crippen molar-refractivity contribution in [3.8, 4) is 0 Å². The summed E-state index contributed by atoms with van der Waals surface area (Å²) in [5.74, 6) is -0.705. The number of fused-ring (bicyclic) bond motifs is 3. The minimum atomic E-state index is -1.08. The van der Waals surface area contributed by atoms with Crippen molar-refractivity contribution in [3.63, 3.8) is 0 Å². The minimum absolute atomic E-state index is 0.0527. The van der Waals surface area contributed by atoms with Crippen molar-refractivity contribution in [2.24, 2.45) is 0 Å². The molecule has 5 nitrogen and oxygen atoms in total. The quantitative estimate of drug-likeness (QED) is 0.787. The van der Waals surface area contributed by atoms with Gasteiger partial charge in [-0.2, -0.15) is 0 Å². The normalized spacial score (nSPS) is 11.6. The zero-order chi connectivity index (χ0) is 14.4. The number of aromatic carboxylic acids is 1. The Bertz CT molecular complexity index is 892. The Morgan fingerprint density at radius 2 is 2.15 bits per heavy atom. The molecular weight excluding hydrogens is 276 g/mol. The molecule has 102 valence electrons. The van der Waals surface area contributed by atoms with Crippen LogP contribution < -0.4 is 5.69 Å². The van der Waals surface area contributed by atoms with Gasteiger partial charge in [0.15, 0.2) is 0 Å². The topological polar surface area (TPSA) is 71.7 Å². The second-order valence-corrected chi connectivity index (χ2v) is 5.91. The van der Waals surface area contributed by atoms with Gasteiger partial charge in [-0.1, -0.05) is 19.9 Å². The van der Waals surface area contributed by atoms with Crippen molar-refractivity contribution < 1.29 is 9.90 Å². The van der Waals surface area contributed by atoms with Gasteiger partial charge in [0.05, 0.1) is 16.4 Å². The summed E-state index contributed by atoms with van der Waals surface area (Å²) >= 11 is 1.30. The number of thiazole rings is 1. The van der Waals surface area contributed by atoms with Crippen molar-refractivity contribution in [2.45, 2.75) is 19.8 Å². The molecule has 0 saturated carbocycles. The molecule has 2 heterocycles. The maximum absolute atomic E-state index is 11.9. The number of benzene rings is 1. The van der Waals surface area contributed by atoms with Crippen LogP contribution in [0.2, 0.25) is 0 Å². The second kappa shape index (κ2) is 4.42. The molecule has 3 rings (SSSR count). The van der Waals surface area contributed by atoms with E-state index in [1.54, 1.807) is 0 Å². The van der Waals surface area contributed by atoms with Crippen LogP contribution in [-0.4, -0.2) is 20.5 Å². The van der Waals surface area contributed by atoms with E-state index in [0.29, 0.717) is 16.3 Å². The molecule has 20 heavy (non-hydrogen) atoms. The lowest BCUT2D eigenvalue weighted by atomic mass is 10.0. The molecule has 0 spiro atoms. The predicted molar refractivity (Wildman–Crippen MR) is 77.9 cm³/mol. The standard InChI is InChI=1S/C14H12N2O3S/c1-7(2)8-3-4-10-11(5-8)20-12-9(13(17)18)6-15-14(19)16(10)12/h3-7H,1-2H3,(H,17,18). The fourth-order valence-corrected chi connectivity index (χ4v) is 3.35. The van der Waals surface area contributed by atoms with Crippen LogP contribution in [0.4, 0.5) is 0 Å². The molecule has 0 amide bonds. The molecule has 0 aliphatic heterocycles. The molecule has 0 bridgehead atoms. The lowest BCUT2D eigenvalue weighted by Crippen LogP contribution is -2.17. The summed E-state index contributed by atoms with van der Waals surface area (Å²) in [6.45, 7) is 4.18. The van der Waals surface area contributed by atoms with E-state index in [4.69, 9.17) is 0 Å². The summed E-state index contributed by atoms with van der Waals surface area (Å²) in [6.07, 6.45) is 1.12. The SMILES string of the molecule is CC(C)c1ccc2c(c1)sc1c(C(=O)O)cnc(=O)n12. The first-order valence-corrected chi connectivity index (χ1v) is 6.98. The van der Waals surface area contributed by atoms with Gasteiger partial charge in [-0.15, -0.1) is 11.3 Å². The molecule has 2 aromatic heterocycles. The molecule has 0 fully saturated rings. The number of aromatic nitrogens is 2. The number of hydrogen-bond acceptors (Lipinski definition) is 4. The van der Waals surface area contributed by atoms with Gasteiger partial charge < -0.3 is 5.11 Å². The first kappa shape index (κ1) is 12.8. The Balaban J connectivity index is 2.47. The fourth-order valence-electron chi connectivity index (χ4n) is 2.16. The Morgan fingerprint density at radius 1 is 1.40 bits per heavy atom. The summed E-state index contributed by atoms with van der Waals surface area (Å²) in [5.41, 5.74) is 1.46. The summed E-state index contributed by atoms with van der Waals surface area (Å²) < 4.78 is 2.26. The van der Waals surface area contributed by atoms with Crippen LogP contribution in [0.25, 0.3) is 15.0 Å². The van der Waals surface area contributed by atoms with Crippen molar-refractivity contribution in [2.75, 3.05) is 0 Å². The Labute approximate surface area is 118 Å². The molecule has 6 heteroatoms. The van der Waals surface area contributed by atoms with Crippen LogP contribution in [0, 0.1) is 0 Å². The van der Waals surface area contributed by atoms with E-state index in [2.05, 4.69) is 18.8 Å². The van der Waals surface area contributed by atoms with Crippen LogP contribution in [0.1, 0.15) is 35.7 Å². The monoisotopic (exact) mass is 288 g/mol. The van der Waals surface area contributed by atoms with E-state index < -0.39 is 11.7 Å². The van der Waals surface area contributed by atoms with Crippen LogP contribution in [0.15, 0.2) is 29.2 Å². The molecule has 0 radical (unpaired) electrons. The highest BCUT2D eigenvalue weighted by molar-refractivity contribution is 7.24.